The zero-order valence-electron chi connectivity index (χ0n) is 9.21. The molecule has 0 radical (unpaired) electrons. The summed E-state index contributed by atoms with van der Waals surface area (Å²) in [7, 11) is 0. The van der Waals surface area contributed by atoms with Crippen molar-refractivity contribution in [3.8, 4) is 5.69 Å². The molecule has 17 heavy (non-hydrogen) atoms. The molecule has 5 nitrogen and oxygen atoms in total. The van der Waals surface area contributed by atoms with Crippen molar-refractivity contribution in [2.45, 2.75) is 6.54 Å². The molecule has 0 bridgehead atoms. The summed E-state index contributed by atoms with van der Waals surface area (Å²) in [6, 6.07) is 9.65. The molecule has 1 N–H and O–H groups in total. The van der Waals surface area contributed by atoms with E-state index >= 15 is 0 Å². The van der Waals surface area contributed by atoms with E-state index < -0.39 is 0 Å². The van der Waals surface area contributed by atoms with Gasteiger partial charge in [0.1, 0.15) is 5.69 Å². The molecule has 1 amide bonds. The molecule has 5 heteroatoms. The lowest BCUT2D eigenvalue weighted by Gasteiger charge is -1.98. The highest BCUT2D eigenvalue weighted by Gasteiger charge is 2.02. The molecule has 0 fully saturated rings. The van der Waals surface area contributed by atoms with Crippen molar-refractivity contribution < 1.29 is 4.79 Å². The van der Waals surface area contributed by atoms with Gasteiger partial charge in [0, 0.05) is 0 Å². The minimum atomic E-state index is -0.223. The second kappa shape index (κ2) is 5.07. The van der Waals surface area contributed by atoms with E-state index in [0.29, 0.717) is 12.2 Å². The third-order valence-electron chi connectivity index (χ3n) is 2.19. The number of carbonyl (C=O) groups is 1. The third kappa shape index (κ3) is 2.78. The van der Waals surface area contributed by atoms with Crippen molar-refractivity contribution in [2.75, 3.05) is 0 Å². The molecule has 0 aliphatic rings. The maximum Gasteiger partial charge on any atom is 0.243 e. The first-order valence-corrected chi connectivity index (χ1v) is 5.16. The molecule has 0 saturated heterocycles. The Bertz CT molecular complexity index is 518. The van der Waals surface area contributed by atoms with Gasteiger partial charge in [-0.05, 0) is 18.2 Å². The molecule has 1 aromatic heterocycles. The van der Waals surface area contributed by atoms with E-state index in [4.69, 9.17) is 0 Å². The standard InChI is InChI=1S/C12H12N4O/c1-2-12(17)13-8-10-9-16(15-14-10)11-6-4-3-5-7-11/h2-7,9H,1,8H2,(H,13,17). The Kier molecular flexibility index (Phi) is 3.30. The van der Waals surface area contributed by atoms with Crippen molar-refractivity contribution in [3.05, 3.63) is 54.9 Å². The van der Waals surface area contributed by atoms with Crippen molar-refractivity contribution in [2.24, 2.45) is 0 Å². The number of carbonyl (C=O) groups excluding carboxylic acids is 1. The first-order chi connectivity index (χ1) is 8.29. The van der Waals surface area contributed by atoms with Gasteiger partial charge in [0.15, 0.2) is 0 Å². The molecule has 0 aliphatic heterocycles. The van der Waals surface area contributed by atoms with Gasteiger partial charge in [-0.25, -0.2) is 4.68 Å². The first kappa shape index (κ1) is 11.1. The van der Waals surface area contributed by atoms with Gasteiger partial charge in [0.2, 0.25) is 5.91 Å². The van der Waals surface area contributed by atoms with E-state index in [1.165, 1.54) is 6.08 Å². The molecular formula is C12H12N4O. The number of para-hydroxylation sites is 1. The lowest BCUT2D eigenvalue weighted by molar-refractivity contribution is -0.116. The Morgan fingerprint density at radius 2 is 2.18 bits per heavy atom. The van der Waals surface area contributed by atoms with Gasteiger partial charge < -0.3 is 5.32 Å². The van der Waals surface area contributed by atoms with Crippen LogP contribution in [-0.2, 0) is 11.3 Å². The van der Waals surface area contributed by atoms with E-state index in [9.17, 15) is 4.79 Å². The predicted molar refractivity (Wildman–Crippen MR) is 63.4 cm³/mol. The Labute approximate surface area is 98.8 Å². The van der Waals surface area contributed by atoms with E-state index in [2.05, 4.69) is 22.2 Å². The van der Waals surface area contributed by atoms with Crippen LogP contribution in [0.15, 0.2) is 49.2 Å². The smallest absolute Gasteiger partial charge is 0.243 e. The van der Waals surface area contributed by atoms with Crippen LogP contribution in [0, 0.1) is 0 Å². The lowest BCUT2D eigenvalue weighted by Crippen LogP contribution is -2.20. The Morgan fingerprint density at radius 1 is 1.41 bits per heavy atom. The van der Waals surface area contributed by atoms with E-state index in [0.717, 1.165) is 5.69 Å². The largest absolute Gasteiger partial charge is 0.347 e. The Hall–Kier alpha value is -2.43. The number of hydrogen-bond acceptors (Lipinski definition) is 3. The number of benzene rings is 1. The molecule has 1 aromatic carbocycles. The number of amides is 1. The van der Waals surface area contributed by atoms with Crippen molar-refractivity contribution in [1.29, 1.82) is 0 Å². The summed E-state index contributed by atoms with van der Waals surface area (Å²) in [5, 5.41) is 10.6. The summed E-state index contributed by atoms with van der Waals surface area (Å²) in [4.78, 5) is 11.0. The minimum Gasteiger partial charge on any atom is -0.347 e. The van der Waals surface area contributed by atoms with Gasteiger partial charge in [-0.1, -0.05) is 30.0 Å². The van der Waals surface area contributed by atoms with Crippen molar-refractivity contribution in [3.63, 3.8) is 0 Å². The van der Waals surface area contributed by atoms with E-state index in [1.807, 2.05) is 30.3 Å². The number of nitrogens with zero attached hydrogens (tertiary/aromatic N) is 3. The molecule has 86 valence electrons. The molecule has 2 aromatic rings. The van der Waals surface area contributed by atoms with Crippen molar-refractivity contribution in [1.82, 2.24) is 20.3 Å². The van der Waals surface area contributed by atoms with Crippen LogP contribution >= 0.6 is 0 Å². The summed E-state index contributed by atoms with van der Waals surface area (Å²) in [6.07, 6.45) is 3.00. The fraction of sp³-hybridized carbons (Fsp3) is 0.0833. The van der Waals surface area contributed by atoms with Gasteiger partial charge in [0.25, 0.3) is 0 Å². The highest BCUT2D eigenvalue weighted by molar-refractivity contribution is 5.86. The average Bonchev–Trinajstić information content (AvgIpc) is 2.86. The normalized spacial score (nSPS) is 9.88. The van der Waals surface area contributed by atoms with E-state index in [1.54, 1.807) is 10.9 Å². The molecule has 0 unspecified atom stereocenters. The number of rotatable bonds is 4. The van der Waals surface area contributed by atoms with Crippen LogP contribution in [0.5, 0.6) is 0 Å². The third-order valence-corrected chi connectivity index (χ3v) is 2.19. The van der Waals surface area contributed by atoms with E-state index in [-0.39, 0.29) is 5.91 Å². The highest BCUT2D eigenvalue weighted by atomic mass is 16.1. The van der Waals surface area contributed by atoms with Crippen LogP contribution in [0.3, 0.4) is 0 Å². The average molecular weight is 228 g/mol. The maximum absolute atomic E-state index is 11.0. The zero-order valence-corrected chi connectivity index (χ0v) is 9.21. The topological polar surface area (TPSA) is 59.8 Å². The number of hydrogen-bond donors (Lipinski definition) is 1. The van der Waals surface area contributed by atoms with Crippen LogP contribution in [0.2, 0.25) is 0 Å². The lowest BCUT2D eigenvalue weighted by atomic mass is 10.3. The second-order valence-corrected chi connectivity index (χ2v) is 3.41. The summed E-state index contributed by atoms with van der Waals surface area (Å²) < 4.78 is 1.66. The molecule has 2 rings (SSSR count). The SMILES string of the molecule is C=CC(=O)NCc1cn(-c2ccccc2)nn1. The van der Waals surface area contributed by atoms with Crippen LogP contribution in [0.4, 0.5) is 0 Å². The quantitative estimate of drug-likeness (QED) is 0.796. The number of aromatic nitrogens is 3. The molecule has 1 heterocycles. The van der Waals surface area contributed by atoms with Gasteiger partial charge in [-0.15, -0.1) is 5.10 Å². The first-order valence-electron chi connectivity index (χ1n) is 5.16. The molecule has 0 spiro atoms. The van der Waals surface area contributed by atoms with Crippen LogP contribution in [0.1, 0.15) is 5.69 Å². The van der Waals surface area contributed by atoms with Gasteiger partial charge in [-0.2, -0.15) is 0 Å². The fourth-order valence-corrected chi connectivity index (χ4v) is 1.34. The summed E-state index contributed by atoms with van der Waals surface area (Å²) in [6.45, 7) is 3.72. The summed E-state index contributed by atoms with van der Waals surface area (Å²) >= 11 is 0. The fourth-order valence-electron chi connectivity index (χ4n) is 1.34. The van der Waals surface area contributed by atoms with Crippen LogP contribution in [-0.4, -0.2) is 20.9 Å². The molecule has 0 atom stereocenters. The number of nitrogens with one attached hydrogen (secondary N) is 1. The summed E-state index contributed by atoms with van der Waals surface area (Å²) in [5.74, 6) is -0.223. The van der Waals surface area contributed by atoms with Gasteiger partial charge in [0.05, 0.1) is 18.4 Å². The van der Waals surface area contributed by atoms with Crippen LogP contribution < -0.4 is 5.32 Å². The molecule has 0 aliphatic carbocycles. The van der Waals surface area contributed by atoms with Crippen molar-refractivity contribution >= 4 is 5.91 Å². The summed E-state index contributed by atoms with van der Waals surface area (Å²) in [5.41, 5.74) is 1.63. The second-order valence-electron chi connectivity index (χ2n) is 3.41. The van der Waals surface area contributed by atoms with Gasteiger partial charge in [-0.3, -0.25) is 4.79 Å². The van der Waals surface area contributed by atoms with Gasteiger partial charge >= 0.3 is 0 Å². The van der Waals surface area contributed by atoms with Crippen LogP contribution in [0.25, 0.3) is 5.69 Å². The molecule has 0 saturated carbocycles. The Balaban J connectivity index is 2.06. The minimum absolute atomic E-state index is 0.223. The monoisotopic (exact) mass is 228 g/mol. The molecular weight excluding hydrogens is 216 g/mol. The predicted octanol–water partition coefficient (Wildman–Crippen LogP) is 1.07. The zero-order chi connectivity index (χ0) is 12.1. The Morgan fingerprint density at radius 3 is 2.88 bits per heavy atom. The maximum atomic E-state index is 11.0. The highest BCUT2D eigenvalue weighted by Crippen LogP contribution is 2.05.